The van der Waals surface area contributed by atoms with Crippen molar-refractivity contribution in [3.05, 3.63) is 47.2 Å². The predicted octanol–water partition coefficient (Wildman–Crippen LogP) is 4.04. The molecule has 1 saturated heterocycles. The largest absolute Gasteiger partial charge is 0.496 e. The van der Waals surface area contributed by atoms with Gasteiger partial charge >= 0.3 is 0 Å². The highest BCUT2D eigenvalue weighted by Crippen LogP contribution is 2.43. The zero-order valence-corrected chi connectivity index (χ0v) is 13.6. The van der Waals surface area contributed by atoms with Crippen molar-refractivity contribution in [1.29, 1.82) is 0 Å². The molecule has 3 rings (SSSR count). The van der Waals surface area contributed by atoms with E-state index in [0.29, 0.717) is 6.04 Å². The Morgan fingerprint density at radius 1 is 1.33 bits per heavy atom. The topological polar surface area (TPSA) is 12.5 Å². The molecule has 2 aliphatic rings. The monoisotopic (exact) mass is 285 g/mol. The van der Waals surface area contributed by atoms with Gasteiger partial charge in [0.2, 0.25) is 0 Å². The minimum Gasteiger partial charge on any atom is -0.496 e. The first-order valence-electron chi connectivity index (χ1n) is 8.21. The number of benzene rings is 1. The van der Waals surface area contributed by atoms with Crippen LogP contribution in [-0.4, -0.2) is 31.1 Å². The van der Waals surface area contributed by atoms with Crippen molar-refractivity contribution >= 4 is 0 Å². The number of rotatable bonds is 4. The minimum atomic E-state index is 0.0581. The normalized spacial score (nSPS) is 29.7. The summed E-state index contributed by atoms with van der Waals surface area (Å²) in [6.45, 7) is 6.60. The second kappa shape index (κ2) is 5.84. The number of nitrogens with zero attached hydrogens (tertiary/aromatic N) is 1. The van der Waals surface area contributed by atoms with Crippen LogP contribution in [0.5, 0.6) is 0 Å². The molecule has 0 unspecified atom stereocenters. The van der Waals surface area contributed by atoms with Gasteiger partial charge in [0, 0.05) is 6.04 Å². The second-order valence-corrected chi connectivity index (χ2v) is 6.84. The summed E-state index contributed by atoms with van der Waals surface area (Å²) in [4.78, 5) is 2.43. The van der Waals surface area contributed by atoms with E-state index < -0.39 is 0 Å². The Hall–Kier alpha value is -1.28. The molecule has 1 aliphatic heterocycles. The van der Waals surface area contributed by atoms with Crippen molar-refractivity contribution in [3.63, 3.8) is 0 Å². The average molecular weight is 285 g/mol. The fraction of sp³-hybridized carbons (Fsp3) is 0.579. The number of allylic oxidation sites excluding steroid dienone is 2. The molecule has 1 heterocycles. The molecule has 0 amide bonds. The van der Waals surface area contributed by atoms with Gasteiger partial charge in [-0.15, -0.1) is 0 Å². The minimum absolute atomic E-state index is 0.0581. The van der Waals surface area contributed by atoms with E-state index >= 15 is 0 Å². The lowest BCUT2D eigenvalue weighted by molar-refractivity contribution is 0.116. The Morgan fingerprint density at radius 2 is 2.14 bits per heavy atom. The van der Waals surface area contributed by atoms with Crippen molar-refractivity contribution in [2.45, 2.75) is 51.0 Å². The number of likely N-dealkylation sites (N-methyl/N-ethyl adjacent to an activating group) is 1. The summed E-state index contributed by atoms with van der Waals surface area (Å²) in [7, 11) is 2.21. The fourth-order valence-electron chi connectivity index (χ4n) is 3.89. The lowest BCUT2D eigenvalue weighted by Gasteiger charge is -2.31. The van der Waals surface area contributed by atoms with E-state index in [-0.39, 0.29) is 5.41 Å². The molecule has 114 valence electrons. The molecule has 2 nitrogen and oxygen atoms in total. The Balaban J connectivity index is 1.74. The van der Waals surface area contributed by atoms with E-state index in [0.717, 1.165) is 19.4 Å². The highest BCUT2D eigenvalue weighted by atomic mass is 16.5. The maximum Gasteiger partial charge on any atom is 0.103 e. The molecular weight excluding hydrogens is 258 g/mol. The van der Waals surface area contributed by atoms with E-state index in [1.165, 1.54) is 36.3 Å². The van der Waals surface area contributed by atoms with Crippen LogP contribution in [0.4, 0.5) is 0 Å². The summed E-state index contributed by atoms with van der Waals surface area (Å²) in [5.74, 6) is 1.19. The predicted molar refractivity (Wildman–Crippen MR) is 87.5 cm³/mol. The first-order valence-corrected chi connectivity index (χ1v) is 8.21. The Kier molecular flexibility index (Phi) is 4.08. The standard InChI is InChI=1S/C19H27NO/c1-15-8-4-5-10-17(15)19(2)12-6-11-18(19)21-14-16-9-7-13-20(16)3/h4-5,8,10-11,16H,6-7,9,12-14H2,1-3H3/t16-,19+/m0/s1. The van der Waals surface area contributed by atoms with E-state index in [1.807, 2.05) is 0 Å². The zero-order valence-electron chi connectivity index (χ0n) is 13.6. The van der Waals surface area contributed by atoms with E-state index in [2.05, 4.69) is 56.1 Å². The van der Waals surface area contributed by atoms with Gasteiger partial charge in [-0.25, -0.2) is 0 Å². The molecule has 1 aromatic carbocycles. The lowest BCUT2D eigenvalue weighted by Crippen LogP contribution is -2.31. The summed E-state index contributed by atoms with van der Waals surface area (Å²) < 4.78 is 6.30. The number of hydrogen-bond donors (Lipinski definition) is 0. The molecule has 0 radical (unpaired) electrons. The molecule has 0 N–H and O–H groups in total. The maximum atomic E-state index is 6.30. The molecule has 0 spiro atoms. The zero-order chi connectivity index (χ0) is 14.9. The van der Waals surface area contributed by atoms with Crippen LogP contribution in [0.2, 0.25) is 0 Å². The van der Waals surface area contributed by atoms with Crippen molar-refractivity contribution in [3.8, 4) is 0 Å². The summed E-state index contributed by atoms with van der Waals surface area (Å²) in [5.41, 5.74) is 2.85. The smallest absolute Gasteiger partial charge is 0.103 e. The van der Waals surface area contributed by atoms with Gasteiger partial charge in [0.1, 0.15) is 12.4 Å². The quantitative estimate of drug-likeness (QED) is 0.828. The highest BCUT2D eigenvalue weighted by Gasteiger charge is 2.37. The van der Waals surface area contributed by atoms with E-state index in [4.69, 9.17) is 4.74 Å². The average Bonchev–Trinajstić information content (AvgIpc) is 3.04. The number of aryl methyl sites for hydroxylation is 1. The van der Waals surface area contributed by atoms with Crippen LogP contribution in [0.15, 0.2) is 36.1 Å². The lowest BCUT2D eigenvalue weighted by atomic mass is 9.78. The molecule has 0 bridgehead atoms. The Morgan fingerprint density at radius 3 is 2.86 bits per heavy atom. The van der Waals surface area contributed by atoms with Crippen LogP contribution < -0.4 is 0 Å². The maximum absolute atomic E-state index is 6.30. The summed E-state index contributed by atoms with van der Waals surface area (Å²) >= 11 is 0. The second-order valence-electron chi connectivity index (χ2n) is 6.84. The Bertz CT molecular complexity index is 536. The van der Waals surface area contributed by atoms with Gasteiger partial charge in [0.05, 0.1) is 5.41 Å². The van der Waals surface area contributed by atoms with Gasteiger partial charge in [-0.3, -0.25) is 0 Å². The molecule has 21 heavy (non-hydrogen) atoms. The van der Waals surface area contributed by atoms with Gasteiger partial charge in [-0.1, -0.05) is 24.3 Å². The molecule has 0 aromatic heterocycles. The van der Waals surface area contributed by atoms with Crippen LogP contribution >= 0.6 is 0 Å². The van der Waals surface area contributed by atoms with Crippen LogP contribution in [0.25, 0.3) is 0 Å². The number of ether oxygens (including phenoxy) is 1. The van der Waals surface area contributed by atoms with Crippen LogP contribution in [-0.2, 0) is 10.2 Å². The first-order chi connectivity index (χ1) is 10.1. The van der Waals surface area contributed by atoms with E-state index in [1.54, 1.807) is 0 Å². The fourth-order valence-corrected chi connectivity index (χ4v) is 3.89. The van der Waals surface area contributed by atoms with Crippen molar-refractivity contribution < 1.29 is 4.74 Å². The molecule has 1 aliphatic carbocycles. The highest BCUT2D eigenvalue weighted by molar-refractivity contribution is 5.40. The van der Waals surface area contributed by atoms with Gasteiger partial charge < -0.3 is 9.64 Å². The van der Waals surface area contributed by atoms with E-state index in [9.17, 15) is 0 Å². The van der Waals surface area contributed by atoms with Gasteiger partial charge in [-0.05, 0) is 70.3 Å². The number of hydrogen-bond acceptors (Lipinski definition) is 2. The summed E-state index contributed by atoms with van der Waals surface area (Å²) in [6.07, 6.45) is 7.17. The van der Waals surface area contributed by atoms with Gasteiger partial charge in [0.15, 0.2) is 0 Å². The van der Waals surface area contributed by atoms with Crippen LogP contribution in [0.1, 0.15) is 43.7 Å². The van der Waals surface area contributed by atoms with Gasteiger partial charge in [-0.2, -0.15) is 0 Å². The molecule has 1 fully saturated rings. The molecular formula is C19H27NO. The summed E-state index contributed by atoms with van der Waals surface area (Å²) in [5, 5.41) is 0. The first kappa shape index (κ1) is 14.6. The third-order valence-corrected chi connectivity index (χ3v) is 5.36. The molecule has 1 aromatic rings. The van der Waals surface area contributed by atoms with Crippen LogP contribution in [0, 0.1) is 6.92 Å². The summed E-state index contributed by atoms with van der Waals surface area (Å²) in [6, 6.07) is 9.33. The molecule has 2 heteroatoms. The Labute approximate surface area is 128 Å². The van der Waals surface area contributed by atoms with Gasteiger partial charge in [0.25, 0.3) is 0 Å². The molecule has 0 saturated carbocycles. The van der Waals surface area contributed by atoms with Crippen molar-refractivity contribution in [2.75, 3.05) is 20.2 Å². The third kappa shape index (κ3) is 2.74. The number of likely N-dealkylation sites (tertiary alicyclic amines) is 1. The SMILES string of the molecule is Cc1ccccc1[C@@]1(C)CCC=C1OC[C@@H]1CCCN1C. The third-order valence-electron chi connectivity index (χ3n) is 5.36. The van der Waals surface area contributed by atoms with Crippen molar-refractivity contribution in [1.82, 2.24) is 4.90 Å². The molecule has 2 atom stereocenters. The van der Waals surface area contributed by atoms with Crippen LogP contribution in [0.3, 0.4) is 0 Å². The van der Waals surface area contributed by atoms with Crippen molar-refractivity contribution in [2.24, 2.45) is 0 Å².